The van der Waals surface area contributed by atoms with Crippen LogP contribution >= 0.6 is 0 Å². The van der Waals surface area contributed by atoms with Crippen LogP contribution in [0.5, 0.6) is 5.75 Å². The van der Waals surface area contributed by atoms with Gasteiger partial charge in [-0.2, -0.15) is 0 Å². The van der Waals surface area contributed by atoms with Gasteiger partial charge in [-0.25, -0.2) is 0 Å². The van der Waals surface area contributed by atoms with E-state index in [4.69, 9.17) is 4.74 Å². The summed E-state index contributed by atoms with van der Waals surface area (Å²) in [6.07, 6.45) is 1.59. The molecule has 2 unspecified atom stereocenters. The molecule has 0 aliphatic carbocycles. The van der Waals surface area contributed by atoms with E-state index < -0.39 is 0 Å². The number of hydrogen-bond donors (Lipinski definition) is 1. The lowest BCUT2D eigenvalue weighted by atomic mass is 10.1. The van der Waals surface area contributed by atoms with Crippen LogP contribution < -0.4 is 10.1 Å². The van der Waals surface area contributed by atoms with E-state index in [1.165, 1.54) is 0 Å². The first-order valence-electron chi connectivity index (χ1n) is 6.43. The summed E-state index contributed by atoms with van der Waals surface area (Å²) in [6, 6.07) is 4.90. The van der Waals surface area contributed by atoms with E-state index in [-0.39, 0.29) is 23.9 Å². The third kappa shape index (κ3) is 1.77. The third-order valence-corrected chi connectivity index (χ3v) is 3.92. The van der Waals surface area contributed by atoms with Gasteiger partial charge in [0.15, 0.2) is 0 Å². The van der Waals surface area contributed by atoms with E-state index >= 15 is 0 Å². The SMILES string of the molecule is COc1ccc2c(c1)C(=O)N1C(C)CCC1C(=O)N2. The molecule has 1 fully saturated rings. The Morgan fingerprint density at radius 1 is 1.32 bits per heavy atom. The van der Waals surface area contributed by atoms with E-state index in [9.17, 15) is 9.59 Å². The summed E-state index contributed by atoms with van der Waals surface area (Å²) in [5.74, 6) is 0.426. The highest BCUT2D eigenvalue weighted by molar-refractivity contribution is 6.10. The van der Waals surface area contributed by atoms with Gasteiger partial charge >= 0.3 is 0 Å². The Kier molecular flexibility index (Phi) is 2.69. The molecule has 100 valence electrons. The van der Waals surface area contributed by atoms with Crippen molar-refractivity contribution in [2.45, 2.75) is 31.8 Å². The maximum absolute atomic E-state index is 12.6. The van der Waals surface area contributed by atoms with Gasteiger partial charge in [-0.3, -0.25) is 9.59 Å². The van der Waals surface area contributed by atoms with Crippen LogP contribution in [0.3, 0.4) is 0 Å². The predicted octanol–water partition coefficient (Wildman–Crippen LogP) is 1.64. The third-order valence-electron chi connectivity index (χ3n) is 3.92. The lowest BCUT2D eigenvalue weighted by molar-refractivity contribution is -0.119. The van der Waals surface area contributed by atoms with Crippen molar-refractivity contribution in [3.05, 3.63) is 23.8 Å². The monoisotopic (exact) mass is 260 g/mol. The van der Waals surface area contributed by atoms with Crippen molar-refractivity contribution in [2.24, 2.45) is 0 Å². The molecule has 19 heavy (non-hydrogen) atoms. The second-order valence-corrected chi connectivity index (χ2v) is 5.06. The molecule has 0 spiro atoms. The van der Waals surface area contributed by atoms with Crippen molar-refractivity contribution in [3.8, 4) is 5.75 Å². The van der Waals surface area contributed by atoms with Crippen molar-refractivity contribution >= 4 is 17.5 Å². The van der Waals surface area contributed by atoms with Crippen LogP contribution in [0, 0.1) is 0 Å². The number of anilines is 1. The van der Waals surface area contributed by atoms with Crippen LogP contribution in [0.25, 0.3) is 0 Å². The number of carbonyl (C=O) groups excluding carboxylic acids is 2. The Bertz CT molecular complexity index is 556. The Balaban J connectivity index is 2.10. The van der Waals surface area contributed by atoms with Gasteiger partial charge in [0, 0.05) is 6.04 Å². The number of hydrogen-bond acceptors (Lipinski definition) is 3. The van der Waals surface area contributed by atoms with Gasteiger partial charge in [-0.1, -0.05) is 0 Å². The average Bonchev–Trinajstić information content (AvgIpc) is 2.75. The van der Waals surface area contributed by atoms with Crippen molar-refractivity contribution in [2.75, 3.05) is 12.4 Å². The minimum atomic E-state index is -0.346. The first kappa shape index (κ1) is 12.0. The Morgan fingerprint density at radius 3 is 2.84 bits per heavy atom. The zero-order chi connectivity index (χ0) is 13.6. The highest BCUT2D eigenvalue weighted by Crippen LogP contribution is 2.33. The highest BCUT2D eigenvalue weighted by Gasteiger charge is 2.42. The van der Waals surface area contributed by atoms with Crippen LogP contribution in [0.2, 0.25) is 0 Å². The zero-order valence-corrected chi connectivity index (χ0v) is 11.0. The second kappa shape index (κ2) is 4.26. The molecule has 0 radical (unpaired) electrons. The summed E-state index contributed by atoms with van der Waals surface area (Å²) >= 11 is 0. The largest absolute Gasteiger partial charge is 0.497 e. The standard InChI is InChI=1S/C14H16N2O3/c1-8-3-6-12-13(17)15-11-5-4-9(19-2)7-10(11)14(18)16(8)12/h4-5,7-8,12H,3,6H2,1-2H3,(H,15,17). The van der Waals surface area contributed by atoms with Gasteiger partial charge in [-0.05, 0) is 38.0 Å². The maximum atomic E-state index is 12.6. The van der Waals surface area contributed by atoms with Gasteiger partial charge in [0.1, 0.15) is 11.8 Å². The summed E-state index contributed by atoms with van der Waals surface area (Å²) in [5.41, 5.74) is 1.07. The molecule has 2 atom stereocenters. The molecule has 2 amide bonds. The Labute approximate surface area is 111 Å². The van der Waals surface area contributed by atoms with E-state index in [1.54, 1.807) is 30.2 Å². The fourth-order valence-corrected chi connectivity index (χ4v) is 2.87. The molecular formula is C14H16N2O3. The minimum absolute atomic E-state index is 0.0951. The molecule has 2 aliphatic heterocycles. The van der Waals surface area contributed by atoms with Crippen molar-refractivity contribution in [3.63, 3.8) is 0 Å². The van der Waals surface area contributed by atoms with Gasteiger partial charge in [0.2, 0.25) is 5.91 Å². The van der Waals surface area contributed by atoms with Crippen LogP contribution in [0.15, 0.2) is 18.2 Å². The number of fused-ring (bicyclic) bond motifs is 2. The molecule has 0 bridgehead atoms. The topological polar surface area (TPSA) is 58.6 Å². The number of rotatable bonds is 1. The zero-order valence-electron chi connectivity index (χ0n) is 11.0. The molecule has 1 aromatic carbocycles. The molecule has 1 N–H and O–H groups in total. The number of carbonyl (C=O) groups is 2. The molecule has 1 saturated heterocycles. The second-order valence-electron chi connectivity index (χ2n) is 5.06. The van der Waals surface area contributed by atoms with Crippen LogP contribution in [0.1, 0.15) is 30.1 Å². The normalized spacial score (nSPS) is 25.5. The summed E-state index contributed by atoms with van der Waals surface area (Å²) in [4.78, 5) is 26.5. The number of nitrogens with one attached hydrogen (secondary N) is 1. The lowest BCUT2D eigenvalue weighted by Crippen LogP contribution is -2.43. The lowest BCUT2D eigenvalue weighted by Gasteiger charge is -2.25. The maximum Gasteiger partial charge on any atom is 0.257 e. The molecule has 2 aliphatic rings. The molecule has 2 heterocycles. The van der Waals surface area contributed by atoms with E-state index in [2.05, 4.69) is 5.32 Å². The molecule has 0 saturated carbocycles. The highest BCUT2D eigenvalue weighted by atomic mass is 16.5. The van der Waals surface area contributed by atoms with Gasteiger partial charge in [0.05, 0.1) is 18.4 Å². The van der Waals surface area contributed by atoms with E-state index in [1.807, 2.05) is 6.92 Å². The molecule has 5 heteroatoms. The van der Waals surface area contributed by atoms with Crippen LogP contribution in [-0.4, -0.2) is 35.9 Å². The van der Waals surface area contributed by atoms with Crippen LogP contribution in [-0.2, 0) is 4.79 Å². The van der Waals surface area contributed by atoms with E-state index in [0.29, 0.717) is 17.0 Å². The fraction of sp³-hybridized carbons (Fsp3) is 0.429. The number of nitrogens with zero attached hydrogens (tertiary/aromatic N) is 1. The summed E-state index contributed by atoms with van der Waals surface area (Å²) in [6.45, 7) is 1.98. The summed E-state index contributed by atoms with van der Waals surface area (Å²) < 4.78 is 5.15. The first-order chi connectivity index (χ1) is 9.11. The number of ether oxygens (including phenoxy) is 1. The average molecular weight is 260 g/mol. The summed E-state index contributed by atoms with van der Waals surface area (Å²) in [7, 11) is 1.56. The predicted molar refractivity (Wildman–Crippen MR) is 70.3 cm³/mol. The van der Waals surface area contributed by atoms with Crippen molar-refractivity contribution in [1.29, 1.82) is 0 Å². The quantitative estimate of drug-likeness (QED) is 0.835. The minimum Gasteiger partial charge on any atom is -0.497 e. The first-order valence-corrected chi connectivity index (χ1v) is 6.43. The van der Waals surface area contributed by atoms with Crippen LogP contribution in [0.4, 0.5) is 5.69 Å². The molecule has 1 aromatic rings. The number of benzene rings is 1. The van der Waals surface area contributed by atoms with Gasteiger partial charge in [-0.15, -0.1) is 0 Å². The Hall–Kier alpha value is -2.04. The smallest absolute Gasteiger partial charge is 0.257 e. The molecule has 3 rings (SSSR count). The number of amides is 2. The number of methoxy groups -OCH3 is 1. The van der Waals surface area contributed by atoms with Gasteiger partial charge < -0.3 is 15.0 Å². The molecular weight excluding hydrogens is 244 g/mol. The van der Waals surface area contributed by atoms with Gasteiger partial charge in [0.25, 0.3) is 5.91 Å². The molecule has 0 aromatic heterocycles. The van der Waals surface area contributed by atoms with Crippen molar-refractivity contribution < 1.29 is 14.3 Å². The fourth-order valence-electron chi connectivity index (χ4n) is 2.87. The van der Waals surface area contributed by atoms with Crippen molar-refractivity contribution in [1.82, 2.24) is 4.90 Å². The summed E-state index contributed by atoms with van der Waals surface area (Å²) in [5, 5.41) is 2.84. The Morgan fingerprint density at radius 2 is 2.11 bits per heavy atom. The molecule has 5 nitrogen and oxygen atoms in total. The van der Waals surface area contributed by atoms with E-state index in [0.717, 1.165) is 12.8 Å².